The molecule has 0 spiro atoms. The maximum Gasteiger partial charge on any atom is 0.162 e. The van der Waals surface area contributed by atoms with Crippen molar-refractivity contribution < 1.29 is 18.9 Å². The van der Waals surface area contributed by atoms with Gasteiger partial charge in [0.1, 0.15) is 24.7 Å². The van der Waals surface area contributed by atoms with E-state index in [0.717, 1.165) is 71.0 Å². The van der Waals surface area contributed by atoms with Crippen LogP contribution in [0.25, 0.3) is 10.8 Å². The average molecular weight is 461 g/mol. The fourth-order valence-corrected chi connectivity index (χ4v) is 4.94. The summed E-state index contributed by atoms with van der Waals surface area (Å²) in [6.07, 6.45) is 12.6. The van der Waals surface area contributed by atoms with Crippen LogP contribution in [0.1, 0.15) is 75.3 Å². The molecule has 4 nitrogen and oxygen atoms in total. The molecule has 2 heterocycles. The number of fused-ring (bicyclic) bond motifs is 8. The highest BCUT2D eigenvalue weighted by molar-refractivity contribution is 5.86. The highest BCUT2D eigenvalue weighted by atomic mass is 16.5. The number of ether oxygens (including phenoxy) is 4. The van der Waals surface area contributed by atoms with Crippen molar-refractivity contribution >= 4 is 10.8 Å². The zero-order valence-electron chi connectivity index (χ0n) is 20.2. The average Bonchev–Trinajstić information content (AvgIpc) is 2.85. The Balaban J connectivity index is 1.40. The first-order chi connectivity index (χ1) is 16.9. The first kappa shape index (κ1) is 22.9. The Morgan fingerprint density at radius 3 is 1.26 bits per heavy atom. The van der Waals surface area contributed by atoms with Crippen molar-refractivity contribution in [1.82, 2.24) is 0 Å². The van der Waals surface area contributed by atoms with Crippen molar-refractivity contribution in [1.29, 1.82) is 0 Å². The van der Waals surface area contributed by atoms with Gasteiger partial charge < -0.3 is 18.9 Å². The Kier molecular flexibility index (Phi) is 7.74. The highest BCUT2D eigenvalue weighted by Crippen LogP contribution is 2.39. The first-order valence-corrected chi connectivity index (χ1v) is 13.1. The molecule has 0 saturated carbocycles. The molecule has 0 aromatic heterocycles. The lowest BCUT2D eigenvalue weighted by Crippen LogP contribution is -2.13. The van der Waals surface area contributed by atoms with Gasteiger partial charge in [0.25, 0.3) is 0 Å². The molecule has 0 radical (unpaired) electrons. The predicted octanol–water partition coefficient (Wildman–Crippen LogP) is 7.98. The van der Waals surface area contributed by atoms with Crippen LogP contribution in [0.15, 0.2) is 48.5 Å². The van der Waals surface area contributed by atoms with Gasteiger partial charge in [0, 0.05) is 11.1 Å². The summed E-state index contributed by atoms with van der Waals surface area (Å²) in [4.78, 5) is 0. The molecule has 0 aliphatic carbocycles. The summed E-state index contributed by atoms with van der Waals surface area (Å²) in [5, 5.41) is 2.29. The molecule has 4 heteroatoms. The summed E-state index contributed by atoms with van der Waals surface area (Å²) in [5.74, 6) is 3.32. The molecule has 180 valence electrons. The van der Waals surface area contributed by atoms with Crippen molar-refractivity contribution in [2.45, 2.75) is 77.4 Å². The lowest BCUT2D eigenvalue weighted by atomic mass is 10.0. The van der Waals surface area contributed by atoms with Gasteiger partial charge in [-0.1, -0.05) is 75.6 Å². The topological polar surface area (TPSA) is 36.9 Å². The Bertz CT molecular complexity index is 1010. The minimum Gasteiger partial charge on any atom is -0.493 e. The van der Waals surface area contributed by atoms with E-state index < -0.39 is 0 Å². The third-order valence-electron chi connectivity index (χ3n) is 6.96. The summed E-state index contributed by atoms with van der Waals surface area (Å²) in [5.41, 5.74) is 2.08. The summed E-state index contributed by atoms with van der Waals surface area (Å²) >= 11 is 0. The number of rotatable bonds is 0. The second kappa shape index (κ2) is 11.5. The second-order valence-electron chi connectivity index (χ2n) is 9.47. The van der Waals surface area contributed by atoms with Gasteiger partial charge >= 0.3 is 0 Å². The Labute approximate surface area is 203 Å². The van der Waals surface area contributed by atoms with E-state index in [-0.39, 0.29) is 0 Å². The minimum absolute atomic E-state index is 0.441. The summed E-state index contributed by atoms with van der Waals surface area (Å²) < 4.78 is 25.1. The molecular weight excluding hydrogens is 424 g/mol. The van der Waals surface area contributed by atoms with Crippen molar-refractivity contribution in [2.24, 2.45) is 0 Å². The molecule has 2 bridgehead atoms. The molecule has 2 aliphatic rings. The number of benzene rings is 3. The van der Waals surface area contributed by atoms with Gasteiger partial charge in [-0.2, -0.15) is 0 Å². The summed E-state index contributed by atoms with van der Waals surface area (Å²) in [6.45, 7) is 2.34. The number of hydrogen-bond donors (Lipinski definition) is 0. The van der Waals surface area contributed by atoms with Crippen molar-refractivity contribution in [3.63, 3.8) is 0 Å². The predicted molar refractivity (Wildman–Crippen MR) is 136 cm³/mol. The fraction of sp³-hybridized carbons (Fsp3) is 0.467. The van der Waals surface area contributed by atoms with E-state index >= 15 is 0 Å². The SMILES string of the molecule is c1ccc2cc3c(cc2c1)OCc1c2ccc(c1CO3)OCCCCCCCCCCCCO2. The van der Waals surface area contributed by atoms with E-state index in [0.29, 0.717) is 13.2 Å². The molecule has 3 aromatic rings. The van der Waals surface area contributed by atoms with E-state index in [2.05, 4.69) is 24.3 Å². The van der Waals surface area contributed by atoms with Crippen molar-refractivity contribution in [2.75, 3.05) is 13.2 Å². The van der Waals surface area contributed by atoms with E-state index in [4.69, 9.17) is 18.9 Å². The van der Waals surface area contributed by atoms with Gasteiger partial charge in [0.15, 0.2) is 11.5 Å². The zero-order valence-corrected chi connectivity index (χ0v) is 20.2. The van der Waals surface area contributed by atoms with Crippen molar-refractivity contribution in [3.8, 4) is 23.0 Å². The molecule has 0 unspecified atom stereocenters. The van der Waals surface area contributed by atoms with E-state index in [1.54, 1.807) is 0 Å². The van der Waals surface area contributed by atoms with E-state index in [9.17, 15) is 0 Å². The maximum atomic E-state index is 6.31. The fourth-order valence-electron chi connectivity index (χ4n) is 4.94. The van der Waals surface area contributed by atoms with Crippen LogP contribution >= 0.6 is 0 Å². The summed E-state index contributed by atoms with van der Waals surface area (Å²) in [6, 6.07) is 16.5. The molecule has 0 saturated heterocycles. The third kappa shape index (κ3) is 5.60. The monoisotopic (exact) mass is 460 g/mol. The lowest BCUT2D eigenvalue weighted by molar-refractivity contribution is 0.220. The van der Waals surface area contributed by atoms with Gasteiger partial charge in [-0.25, -0.2) is 0 Å². The Morgan fingerprint density at radius 1 is 0.412 bits per heavy atom. The second-order valence-corrected chi connectivity index (χ2v) is 9.47. The zero-order chi connectivity index (χ0) is 23.0. The lowest BCUT2D eigenvalue weighted by Gasteiger charge is -2.24. The quantitative estimate of drug-likeness (QED) is 0.341. The molecule has 0 amide bonds. The van der Waals surface area contributed by atoms with Crippen LogP contribution in [0.3, 0.4) is 0 Å². The van der Waals surface area contributed by atoms with Gasteiger partial charge in [-0.3, -0.25) is 0 Å². The molecule has 3 aromatic carbocycles. The minimum atomic E-state index is 0.441. The van der Waals surface area contributed by atoms with Crippen LogP contribution in [-0.2, 0) is 13.2 Å². The number of hydrogen-bond acceptors (Lipinski definition) is 4. The van der Waals surface area contributed by atoms with E-state index in [1.165, 1.54) is 51.4 Å². The van der Waals surface area contributed by atoms with Gasteiger partial charge in [0.2, 0.25) is 0 Å². The first-order valence-electron chi connectivity index (χ1n) is 13.1. The van der Waals surface area contributed by atoms with Crippen LogP contribution in [-0.4, -0.2) is 13.2 Å². The molecule has 2 aliphatic heterocycles. The van der Waals surface area contributed by atoms with Gasteiger partial charge in [-0.15, -0.1) is 0 Å². The highest BCUT2D eigenvalue weighted by Gasteiger charge is 2.21. The van der Waals surface area contributed by atoms with Gasteiger partial charge in [0.05, 0.1) is 13.2 Å². The van der Waals surface area contributed by atoms with Crippen LogP contribution in [0.2, 0.25) is 0 Å². The third-order valence-corrected chi connectivity index (χ3v) is 6.96. The van der Waals surface area contributed by atoms with Crippen LogP contribution in [0, 0.1) is 0 Å². The molecule has 0 atom stereocenters. The summed E-state index contributed by atoms with van der Waals surface area (Å²) in [7, 11) is 0. The molecular formula is C30H36O4. The largest absolute Gasteiger partial charge is 0.493 e. The van der Waals surface area contributed by atoms with Crippen molar-refractivity contribution in [3.05, 3.63) is 59.7 Å². The van der Waals surface area contributed by atoms with Crippen LogP contribution in [0.5, 0.6) is 23.0 Å². The molecule has 5 rings (SSSR count). The Morgan fingerprint density at radius 2 is 0.824 bits per heavy atom. The Hall–Kier alpha value is -2.88. The van der Waals surface area contributed by atoms with E-state index in [1.807, 2.05) is 24.3 Å². The van der Waals surface area contributed by atoms with Crippen LogP contribution in [0.4, 0.5) is 0 Å². The maximum absolute atomic E-state index is 6.31. The molecule has 0 fully saturated rings. The molecule has 34 heavy (non-hydrogen) atoms. The normalized spacial score (nSPS) is 17.9. The van der Waals surface area contributed by atoms with Gasteiger partial charge in [-0.05, 0) is 47.9 Å². The smallest absolute Gasteiger partial charge is 0.162 e. The van der Waals surface area contributed by atoms with Crippen LogP contribution < -0.4 is 18.9 Å². The standard InChI is InChI=1S/C30H36O4/c1-2-4-6-8-12-18-32-28-16-15-27(31-17-11-7-5-3-1)25-21-33-29-19-23-13-9-10-14-24(23)20-30(29)34-22-26(25)28/h9-10,13-16,19-20H,1-8,11-12,17-18,21-22H2. The molecule has 0 N–H and O–H groups in total.